The molecule has 2 aliphatic rings. The van der Waals surface area contributed by atoms with Crippen LogP contribution in [-0.2, 0) is 4.84 Å². The molecule has 0 amide bonds. The van der Waals surface area contributed by atoms with Crippen LogP contribution in [0.1, 0.15) is 19.3 Å². The number of fused-ring (bicyclic) bond motifs is 1. The molecule has 2 fully saturated rings. The van der Waals surface area contributed by atoms with E-state index in [2.05, 4.69) is 5.06 Å². The van der Waals surface area contributed by atoms with Gasteiger partial charge in [-0.2, -0.15) is 5.06 Å². The van der Waals surface area contributed by atoms with Gasteiger partial charge in [-0.05, 0) is 25.0 Å². The number of para-hydroxylation sites is 1. The number of hydrogen-bond acceptors (Lipinski definition) is 3. The standard InChI is InChI=1S/C12H15NO2/c1-2-6-11(7-3-1)14-12-9-10-5-4-8-13(10)15-12/h1-3,6-7,10,12H,4-5,8-9H2/t10-,12-/m1/s1. The Hall–Kier alpha value is -1.06. The second-order valence-electron chi connectivity index (χ2n) is 4.14. The molecule has 0 unspecified atom stereocenters. The number of rotatable bonds is 2. The van der Waals surface area contributed by atoms with Gasteiger partial charge in [0.05, 0.1) is 0 Å². The first-order valence-corrected chi connectivity index (χ1v) is 5.57. The minimum absolute atomic E-state index is 0.0855. The van der Waals surface area contributed by atoms with E-state index < -0.39 is 0 Å². The van der Waals surface area contributed by atoms with Gasteiger partial charge in [-0.25, -0.2) is 0 Å². The Morgan fingerprint density at radius 3 is 2.93 bits per heavy atom. The highest BCUT2D eigenvalue weighted by molar-refractivity contribution is 5.21. The Morgan fingerprint density at radius 1 is 1.27 bits per heavy atom. The van der Waals surface area contributed by atoms with Crippen LogP contribution in [0.2, 0.25) is 0 Å². The Bertz CT molecular complexity index is 316. The minimum atomic E-state index is -0.0855. The summed E-state index contributed by atoms with van der Waals surface area (Å²) in [6, 6.07) is 10.5. The van der Waals surface area contributed by atoms with E-state index in [1.807, 2.05) is 30.3 Å². The Morgan fingerprint density at radius 2 is 2.13 bits per heavy atom. The van der Waals surface area contributed by atoms with Crippen LogP contribution < -0.4 is 4.74 Å². The highest BCUT2D eigenvalue weighted by atomic mass is 16.8. The first kappa shape index (κ1) is 9.19. The molecule has 1 aromatic carbocycles. The summed E-state index contributed by atoms with van der Waals surface area (Å²) in [5.74, 6) is 0.892. The Balaban J connectivity index is 1.62. The molecule has 1 aromatic rings. The molecular formula is C12H15NO2. The van der Waals surface area contributed by atoms with Gasteiger partial charge in [0.1, 0.15) is 5.75 Å². The molecule has 2 atom stereocenters. The average Bonchev–Trinajstić information content (AvgIpc) is 2.79. The molecule has 0 N–H and O–H groups in total. The minimum Gasteiger partial charge on any atom is -0.463 e. The van der Waals surface area contributed by atoms with Crippen LogP contribution in [0.3, 0.4) is 0 Å². The highest BCUT2D eigenvalue weighted by Crippen LogP contribution is 2.31. The van der Waals surface area contributed by atoms with Crippen molar-refractivity contribution in [2.24, 2.45) is 0 Å². The van der Waals surface area contributed by atoms with E-state index in [0.717, 1.165) is 18.7 Å². The molecule has 80 valence electrons. The quantitative estimate of drug-likeness (QED) is 0.738. The molecule has 2 aliphatic heterocycles. The zero-order valence-corrected chi connectivity index (χ0v) is 8.63. The fourth-order valence-electron chi connectivity index (χ4n) is 2.32. The van der Waals surface area contributed by atoms with E-state index in [9.17, 15) is 0 Å². The summed E-state index contributed by atoms with van der Waals surface area (Å²) in [7, 11) is 0. The lowest BCUT2D eigenvalue weighted by atomic mass is 10.2. The van der Waals surface area contributed by atoms with Crippen molar-refractivity contribution >= 4 is 0 Å². The van der Waals surface area contributed by atoms with Gasteiger partial charge in [-0.3, -0.25) is 4.84 Å². The lowest BCUT2D eigenvalue weighted by Gasteiger charge is -2.15. The maximum Gasteiger partial charge on any atom is 0.219 e. The normalized spacial score (nSPS) is 30.4. The van der Waals surface area contributed by atoms with Crippen LogP contribution in [0.4, 0.5) is 0 Å². The van der Waals surface area contributed by atoms with Crippen molar-refractivity contribution in [2.45, 2.75) is 31.6 Å². The predicted octanol–water partition coefficient (Wildman–Crippen LogP) is 2.19. The number of benzene rings is 1. The summed E-state index contributed by atoms with van der Waals surface area (Å²) < 4.78 is 5.75. The first-order chi connectivity index (χ1) is 7.42. The lowest BCUT2D eigenvalue weighted by Crippen LogP contribution is -2.22. The van der Waals surface area contributed by atoms with E-state index in [1.165, 1.54) is 12.8 Å². The van der Waals surface area contributed by atoms with Gasteiger partial charge in [-0.15, -0.1) is 0 Å². The number of hydrogen-bond donors (Lipinski definition) is 0. The maximum atomic E-state index is 5.75. The first-order valence-electron chi connectivity index (χ1n) is 5.57. The third-order valence-electron chi connectivity index (χ3n) is 3.05. The number of nitrogens with zero attached hydrogens (tertiary/aromatic N) is 1. The summed E-state index contributed by atoms with van der Waals surface area (Å²) >= 11 is 0. The van der Waals surface area contributed by atoms with Crippen molar-refractivity contribution < 1.29 is 9.57 Å². The van der Waals surface area contributed by atoms with Crippen LogP contribution >= 0.6 is 0 Å². The average molecular weight is 205 g/mol. The molecule has 3 rings (SSSR count). The van der Waals surface area contributed by atoms with E-state index in [0.29, 0.717) is 6.04 Å². The monoisotopic (exact) mass is 205 g/mol. The van der Waals surface area contributed by atoms with Crippen LogP contribution in [0.5, 0.6) is 5.75 Å². The number of ether oxygens (including phenoxy) is 1. The van der Waals surface area contributed by atoms with Crippen molar-refractivity contribution in [1.82, 2.24) is 5.06 Å². The lowest BCUT2D eigenvalue weighted by molar-refractivity contribution is -0.202. The molecule has 0 aromatic heterocycles. The molecule has 0 spiro atoms. The van der Waals surface area contributed by atoms with Crippen LogP contribution in [-0.4, -0.2) is 23.9 Å². The molecule has 0 saturated carbocycles. The summed E-state index contributed by atoms with van der Waals surface area (Å²) in [6.45, 7) is 1.05. The molecule has 0 bridgehead atoms. The molecule has 15 heavy (non-hydrogen) atoms. The summed E-state index contributed by atoms with van der Waals surface area (Å²) in [6.07, 6.45) is 3.41. The molecule has 3 nitrogen and oxygen atoms in total. The SMILES string of the molecule is c1ccc(O[C@H]2C[C@H]3CCCN3O2)cc1. The third kappa shape index (κ3) is 1.85. The predicted molar refractivity (Wildman–Crippen MR) is 56.3 cm³/mol. The molecule has 3 heteroatoms. The van der Waals surface area contributed by atoms with Crippen LogP contribution in [0.25, 0.3) is 0 Å². The largest absolute Gasteiger partial charge is 0.463 e. The Kier molecular flexibility index (Phi) is 2.35. The van der Waals surface area contributed by atoms with Gasteiger partial charge in [0, 0.05) is 19.0 Å². The Labute approximate surface area is 89.6 Å². The van der Waals surface area contributed by atoms with Gasteiger partial charge in [0.25, 0.3) is 0 Å². The van der Waals surface area contributed by atoms with Gasteiger partial charge in [-0.1, -0.05) is 18.2 Å². The highest BCUT2D eigenvalue weighted by Gasteiger charge is 2.37. The molecular weight excluding hydrogens is 190 g/mol. The molecule has 2 saturated heterocycles. The second kappa shape index (κ2) is 3.83. The molecule has 0 aliphatic carbocycles. The number of hydroxylamine groups is 2. The second-order valence-corrected chi connectivity index (χ2v) is 4.14. The van der Waals surface area contributed by atoms with Crippen LogP contribution in [0, 0.1) is 0 Å². The van der Waals surface area contributed by atoms with Gasteiger partial charge in [0.2, 0.25) is 6.29 Å². The summed E-state index contributed by atoms with van der Waals surface area (Å²) in [5.41, 5.74) is 0. The van der Waals surface area contributed by atoms with Crippen molar-refractivity contribution in [2.75, 3.05) is 6.54 Å². The van der Waals surface area contributed by atoms with Crippen molar-refractivity contribution in [3.05, 3.63) is 30.3 Å². The van der Waals surface area contributed by atoms with Gasteiger partial charge >= 0.3 is 0 Å². The summed E-state index contributed by atoms with van der Waals surface area (Å²) in [4.78, 5) is 5.70. The van der Waals surface area contributed by atoms with E-state index in [1.54, 1.807) is 0 Å². The van der Waals surface area contributed by atoms with E-state index >= 15 is 0 Å². The smallest absolute Gasteiger partial charge is 0.219 e. The third-order valence-corrected chi connectivity index (χ3v) is 3.05. The van der Waals surface area contributed by atoms with E-state index in [4.69, 9.17) is 9.57 Å². The van der Waals surface area contributed by atoms with Crippen LogP contribution in [0.15, 0.2) is 30.3 Å². The topological polar surface area (TPSA) is 21.7 Å². The van der Waals surface area contributed by atoms with Crippen molar-refractivity contribution in [3.63, 3.8) is 0 Å². The fraction of sp³-hybridized carbons (Fsp3) is 0.500. The maximum absolute atomic E-state index is 5.75. The van der Waals surface area contributed by atoms with Crippen molar-refractivity contribution in [1.29, 1.82) is 0 Å². The van der Waals surface area contributed by atoms with Crippen molar-refractivity contribution in [3.8, 4) is 5.75 Å². The zero-order valence-electron chi connectivity index (χ0n) is 8.63. The summed E-state index contributed by atoms with van der Waals surface area (Å²) in [5, 5.41) is 2.08. The zero-order chi connectivity index (χ0) is 10.1. The van der Waals surface area contributed by atoms with Gasteiger partial charge in [0.15, 0.2) is 0 Å². The molecule has 0 radical (unpaired) electrons. The fourth-order valence-corrected chi connectivity index (χ4v) is 2.32. The van der Waals surface area contributed by atoms with Gasteiger partial charge < -0.3 is 4.74 Å². The van der Waals surface area contributed by atoms with E-state index in [-0.39, 0.29) is 6.29 Å². The molecule has 2 heterocycles.